The van der Waals surface area contributed by atoms with Gasteiger partial charge in [0, 0.05) is 25.2 Å². The maximum absolute atomic E-state index is 13.9. The van der Waals surface area contributed by atoms with E-state index in [4.69, 9.17) is 0 Å². The van der Waals surface area contributed by atoms with E-state index < -0.39 is 11.6 Å². The fraction of sp³-hybridized carbons (Fsp3) is 0.400. The molecule has 1 unspecified atom stereocenters. The molecule has 138 valence electrons. The molecule has 4 nitrogen and oxygen atoms in total. The molecule has 0 bridgehead atoms. The number of hydrogen-bond acceptors (Lipinski definition) is 3. The van der Waals surface area contributed by atoms with Crippen LogP contribution in [0.3, 0.4) is 0 Å². The summed E-state index contributed by atoms with van der Waals surface area (Å²) in [4.78, 5) is 18.1. The Morgan fingerprint density at radius 3 is 2.65 bits per heavy atom. The van der Waals surface area contributed by atoms with E-state index in [9.17, 15) is 13.6 Å². The molecule has 26 heavy (non-hydrogen) atoms. The van der Waals surface area contributed by atoms with Crippen molar-refractivity contribution in [1.29, 1.82) is 0 Å². The Bertz CT molecular complexity index is 746. The summed E-state index contributed by atoms with van der Waals surface area (Å²) in [5.41, 5.74) is 1.24. The molecule has 0 radical (unpaired) electrons. The lowest BCUT2D eigenvalue weighted by Gasteiger charge is -2.36. The van der Waals surface area contributed by atoms with Gasteiger partial charge < -0.3 is 5.32 Å². The molecule has 1 atom stereocenters. The highest BCUT2D eigenvalue weighted by molar-refractivity contribution is 5.73. The van der Waals surface area contributed by atoms with Gasteiger partial charge in [-0.15, -0.1) is 0 Å². The number of carbonyl (C=O) groups is 1. The van der Waals surface area contributed by atoms with Gasteiger partial charge in [-0.2, -0.15) is 0 Å². The first kappa shape index (κ1) is 18.5. The largest absolute Gasteiger partial charge is 0.348 e. The van der Waals surface area contributed by atoms with E-state index in [-0.39, 0.29) is 17.9 Å². The quantitative estimate of drug-likeness (QED) is 0.889. The maximum Gasteiger partial charge on any atom is 0.217 e. The lowest BCUT2D eigenvalue weighted by molar-refractivity contribution is -0.120. The van der Waals surface area contributed by atoms with Gasteiger partial charge in [0.1, 0.15) is 0 Å². The minimum absolute atomic E-state index is 0.0788. The number of aromatic nitrogens is 1. The smallest absolute Gasteiger partial charge is 0.217 e. The van der Waals surface area contributed by atoms with Gasteiger partial charge in [0.2, 0.25) is 5.91 Å². The summed E-state index contributed by atoms with van der Waals surface area (Å²) < 4.78 is 27.2. The Morgan fingerprint density at radius 2 is 2.00 bits per heavy atom. The van der Waals surface area contributed by atoms with E-state index in [0.29, 0.717) is 12.1 Å². The third-order valence-electron chi connectivity index (χ3n) is 4.89. The zero-order valence-corrected chi connectivity index (χ0v) is 14.8. The van der Waals surface area contributed by atoms with Crippen molar-refractivity contribution in [3.63, 3.8) is 0 Å². The van der Waals surface area contributed by atoms with Gasteiger partial charge in [-0.3, -0.25) is 14.7 Å². The SMILES string of the molecule is CC(=O)NC(c1ccccn1)C1CCN(Cc2cccc(F)c2F)CC1. The van der Waals surface area contributed by atoms with Crippen molar-refractivity contribution in [1.82, 2.24) is 15.2 Å². The van der Waals surface area contributed by atoms with Crippen molar-refractivity contribution >= 4 is 5.91 Å². The number of amides is 1. The third kappa shape index (κ3) is 4.43. The first-order valence-corrected chi connectivity index (χ1v) is 8.88. The van der Waals surface area contributed by atoms with Crippen molar-refractivity contribution < 1.29 is 13.6 Å². The number of carbonyl (C=O) groups excluding carboxylic acids is 1. The highest BCUT2D eigenvalue weighted by Gasteiger charge is 2.29. The average Bonchev–Trinajstić information content (AvgIpc) is 2.65. The van der Waals surface area contributed by atoms with Gasteiger partial charge in [0.05, 0.1) is 11.7 Å². The van der Waals surface area contributed by atoms with Gasteiger partial charge in [-0.05, 0) is 50.0 Å². The summed E-state index contributed by atoms with van der Waals surface area (Å²) >= 11 is 0. The molecule has 1 aromatic heterocycles. The number of nitrogens with zero attached hydrogens (tertiary/aromatic N) is 2. The molecule has 6 heteroatoms. The number of nitrogens with one attached hydrogen (secondary N) is 1. The minimum atomic E-state index is -0.807. The van der Waals surface area contributed by atoms with Crippen LogP contribution in [0.4, 0.5) is 8.78 Å². The Kier molecular flexibility index (Phi) is 5.93. The third-order valence-corrected chi connectivity index (χ3v) is 4.89. The number of benzene rings is 1. The van der Waals surface area contributed by atoms with Gasteiger partial charge in [0.15, 0.2) is 11.6 Å². The van der Waals surface area contributed by atoms with E-state index in [0.717, 1.165) is 37.7 Å². The normalized spacial score (nSPS) is 17.0. The standard InChI is InChI=1S/C20H23F2N3O/c1-14(26)24-20(18-7-2-3-10-23-18)15-8-11-25(12-9-15)13-16-5-4-6-17(21)19(16)22/h2-7,10,15,20H,8-9,11-13H2,1H3,(H,24,26). The predicted molar refractivity (Wildman–Crippen MR) is 95.2 cm³/mol. The van der Waals surface area contributed by atoms with Crippen molar-refractivity contribution in [3.8, 4) is 0 Å². The summed E-state index contributed by atoms with van der Waals surface area (Å²) in [5, 5.41) is 3.02. The number of hydrogen-bond donors (Lipinski definition) is 1. The topological polar surface area (TPSA) is 45.2 Å². The first-order valence-electron chi connectivity index (χ1n) is 8.88. The molecule has 1 fully saturated rings. The van der Waals surface area contributed by atoms with Crippen LogP contribution in [0.2, 0.25) is 0 Å². The van der Waals surface area contributed by atoms with Crippen molar-refractivity contribution in [2.24, 2.45) is 5.92 Å². The Balaban J connectivity index is 1.64. The molecule has 1 amide bonds. The Labute approximate surface area is 152 Å². The van der Waals surface area contributed by atoms with Crippen LogP contribution in [0.25, 0.3) is 0 Å². The van der Waals surface area contributed by atoms with Gasteiger partial charge in [0.25, 0.3) is 0 Å². The van der Waals surface area contributed by atoms with Crippen LogP contribution in [-0.4, -0.2) is 28.9 Å². The fourth-order valence-corrected chi connectivity index (χ4v) is 3.57. The lowest BCUT2D eigenvalue weighted by Crippen LogP contribution is -2.40. The zero-order valence-electron chi connectivity index (χ0n) is 14.8. The number of likely N-dealkylation sites (tertiary alicyclic amines) is 1. The van der Waals surface area contributed by atoms with E-state index >= 15 is 0 Å². The second-order valence-electron chi connectivity index (χ2n) is 6.76. The van der Waals surface area contributed by atoms with Crippen molar-refractivity contribution in [3.05, 3.63) is 65.5 Å². The van der Waals surface area contributed by atoms with E-state index in [1.54, 1.807) is 12.3 Å². The molecule has 1 N–H and O–H groups in total. The van der Waals surface area contributed by atoms with Crippen LogP contribution in [0.15, 0.2) is 42.6 Å². The molecule has 2 heterocycles. The monoisotopic (exact) mass is 359 g/mol. The van der Waals surface area contributed by atoms with Crippen LogP contribution in [-0.2, 0) is 11.3 Å². The second-order valence-corrected chi connectivity index (χ2v) is 6.76. The molecular formula is C20H23F2N3O. The molecule has 2 aromatic rings. The van der Waals surface area contributed by atoms with Crippen LogP contribution >= 0.6 is 0 Å². The van der Waals surface area contributed by atoms with Crippen molar-refractivity contribution in [2.45, 2.75) is 32.4 Å². The fourth-order valence-electron chi connectivity index (χ4n) is 3.57. The molecule has 3 rings (SSSR count). The predicted octanol–water partition coefficient (Wildman–Crippen LogP) is 3.45. The minimum Gasteiger partial charge on any atom is -0.348 e. The molecule has 1 saturated heterocycles. The molecule has 0 saturated carbocycles. The Morgan fingerprint density at radius 1 is 1.23 bits per heavy atom. The molecule has 0 spiro atoms. The molecule has 1 aliphatic heterocycles. The summed E-state index contributed by atoms with van der Waals surface area (Å²) in [6.07, 6.45) is 3.45. The van der Waals surface area contributed by atoms with Crippen LogP contribution in [0, 0.1) is 17.6 Å². The highest BCUT2D eigenvalue weighted by Crippen LogP contribution is 2.30. The summed E-state index contributed by atoms with van der Waals surface area (Å²) in [6, 6.07) is 9.86. The van der Waals surface area contributed by atoms with Crippen LogP contribution in [0.1, 0.15) is 37.1 Å². The maximum atomic E-state index is 13.9. The van der Waals surface area contributed by atoms with Crippen LogP contribution < -0.4 is 5.32 Å². The first-order chi connectivity index (χ1) is 12.5. The zero-order chi connectivity index (χ0) is 18.5. The number of halogens is 2. The van der Waals surface area contributed by atoms with E-state index in [1.165, 1.54) is 13.0 Å². The average molecular weight is 359 g/mol. The summed E-state index contributed by atoms with van der Waals surface area (Å²) in [6.45, 7) is 3.44. The number of pyridine rings is 1. The van der Waals surface area contributed by atoms with Gasteiger partial charge >= 0.3 is 0 Å². The lowest BCUT2D eigenvalue weighted by atomic mass is 9.87. The van der Waals surface area contributed by atoms with Crippen molar-refractivity contribution in [2.75, 3.05) is 13.1 Å². The van der Waals surface area contributed by atoms with E-state index in [2.05, 4.69) is 15.2 Å². The van der Waals surface area contributed by atoms with Gasteiger partial charge in [-0.1, -0.05) is 18.2 Å². The molecule has 1 aliphatic rings. The number of rotatable bonds is 5. The Hall–Kier alpha value is -2.34. The second kappa shape index (κ2) is 8.36. The number of piperidine rings is 1. The molecule has 1 aromatic carbocycles. The van der Waals surface area contributed by atoms with Crippen LogP contribution in [0.5, 0.6) is 0 Å². The summed E-state index contributed by atoms with van der Waals surface area (Å²) in [5.74, 6) is -1.38. The molecular weight excluding hydrogens is 336 g/mol. The van der Waals surface area contributed by atoms with E-state index in [1.807, 2.05) is 18.2 Å². The highest BCUT2D eigenvalue weighted by atomic mass is 19.2. The molecule has 0 aliphatic carbocycles. The van der Waals surface area contributed by atoms with Gasteiger partial charge in [-0.25, -0.2) is 8.78 Å². The summed E-state index contributed by atoms with van der Waals surface area (Å²) in [7, 11) is 0.